The standard InChI is InChI=1S/C13H15NO2/c1-8(2)13-14-11(7-16-13)10-5-4-9(3)12(15)6-10/h4-8,15H,1-3H3. The maximum Gasteiger partial charge on any atom is 0.197 e. The molecular weight excluding hydrogens is 202 g/mol. The number of rotatable bonds is 2. The predicted octanol–water partition coefficient (Wildman–Crippen LogP) is 3.48. The van der Waals surface area contributed by atoms with Crippen molar-refractivity contribution in [1.29, 1.82) is 0 Å². The van der Waals surface area contributed by atoms with E-state index in [1.165, 1.54) is 0 Å². The van der Waals surface area contributed by atoms with Crippen molar-refractivity contribution < 1.29 is 9.52 Å². The molecule has 3 nitrogen and oxygen atoms in total. The first kappa shape index (κ1) is 10.7. The van der Waals surface area contributed by atoms with Gasteiger partial charge in [0.05, 0.1) is 0 Å². The summed E-state index contributed by atoms with van der Waals surface area (Å²) in [4.78, 5) is 4.37. The molecule has 16 heavy (non-hydrogen) atoms. The lowest BCUT2D eigenvalue weighted by molar-refractivity contribution is 0.471. The van der Waals surface area contributed by atoms with Gasteiger partial charge in [-0.1, -0.05) is 26.0 Å². The molecule has 0 aliphatic rings. The monoisotopic (exact) mass is 217 g/mol. The molecule has 0 bridgehead atoms. The van der Waals surface area contributed by atoms with Gasteiger partial charge in [0.2, 0.25) is 0 Å². The van der Waals surface area contributed by atoms with Crippen LogP contribution >= 0.6 is 0 Å². The van der Waals surface area contributed by atoms with Crippen LogP contribution in [-0.2, 0) is 0 Å². The molecular formula is C13H15NO2. The second-order valence-electron chi connectivity index (χ2n) is 4.23. The van der Waals surface area contributed by atoms with Crippen molar-refractivity contribution >= 4 is 0 Å². The summed E-state index contributed by atoms with van der Waals surface area (Å²) in [7, 11) is 0. The van der Waals surface area contributed by atoms with E-state index in [9.17, 15) is 5.11 Å². The van der Waals surface area contributed by atoms with Crippen LogP contribution in [0.1, 0.15) is 31.2 Å². The van der Waals surface area contributed by atoms with Gasteiger partial charge >= 0.3 is 0 Å². The second kappa shape index (κ2) is 4.00. The first-order valence-electron chi connectivity index (χ1n) is 5.33. The van der Waals surface area contributed by atoms with Gasteiger partial charge in [-0.2, -0.15) is 0 Å². The van der Waals surface area contributed by atoms with Crippen LogP contribution in [0.5, 0.6) is 5.75 Å². The number of nitrogens with zero attached hydrogens (tertiary/aromatic N) is 1. The van der Waals surface area contributed by atoms with Gasteiger partial charge in [-0.25, -0.2) is 4.98 Å². The molecule has 0 radical (unpaired) electrons. The SMILES string of the molecule is Cc1ccc(-c2coc(C(C)C)n2)cc1O. The van der Waals surface area contributed by atoms with Crippen LogP contribution in [0.2, 0.25) is 0 Å². The highest BCUT2D eigenvalue weighted by Gasteiger charge is 2.10. The number of aromatic hydroxyl groups is 1. The fraction of sp³-hybridized carbons (Fsp3) is 0.308. The molecule has 0 atom stereocenters. The van der Waals surface area contributed by atoms with E-state index >= 15 is 0 Å². The van der Waals surface area contributed by atoms with Crippen molar-refractivity contribution in [3.05, 3.63) is 35.9 Å². The molecule has 2 rings (SSSR count). The van der Waals surface area contributed by atoms with E-state index in [4.69, 9.17) is 4.42 Å². The summed E-state index contributed by atoms with van der Waals surface area (Å²) in [6, 6.07) is 5.50. The van der Waals surface area contributed by atoms with Crippen molar-refractivity contribution in [2.75, 3.05) is 0 Å². The van der Waals surface area contributed by atoms with Crippen LogP contribution in [0.3, 0.4) is 0 Å². The van der Waals surface area contributed by atoms with E-state index in [0.29, 0.717) is 0 Å². The second-order valence-corrected chi connectivity index (χ2v) is 4.23. The minimum Gasteiger partial charge on any atom is -0.508 e. The van der Waals surface area contributed by atoms with Crippen LogP contribution in [0.15, 0.2) is 28.9 Å². The van der Waals surface area contributed by atoms with Crippen LogP contribution in [-0.4, -0.2) is 10.1 Å². The zero-order valence-corrected chi connectivity index (χ0v) is 9.69. The Hall–Kier alpha value is -1.77. The number of oxazole rings is 1. The van der Waals surface area contributed by atoms with Crippen LogP contribution in [0.4, 0.5) is 0 Å². The molecule has 0 aliphatic carbocycles. The predicted molar refractivity (Wildman–Crippen MR) is 62.4 cm³/mol. The lowest BCUT2D eigenvalue weighted by Gasteiger charge is -2.00. The molecule has 0 aliphatic heterocycles. The summed E-state index contributed by atoms with van der Waals surface area (Å²) in [5, 5.41) is 9.62. The average molecular weight is 217 g/mol. The number of benzene rings is 1. The summed E-state index contributed by atoms with van der Waals surface area (Å²) in [5.74, 6) is 1.27. The van der Waals surface area contributed by atoms with E-state index in [2.05, 4.69) is 4.98 Å². The third-order valence-electron chi connectivity index (χ3n) is 2.52. The fourth-order valence-electron chi connectivity index (χ4n) is 1.45. The van der Waals surface area contributed by atoms with Crippen LogP contribution < -0.4 is 0 Å². The molecule has 3 heteroatoms. The maximum atomic E-state index is 9.62. The highest BCUT2D eigenvalue weighted by atomic mass is 16.3. The van der Waals surface area contributed by atoms with Gasteiger partial charge in [-0.15, -0.1) is 0 Å². The Morgan fingerprint density at radius 2 is 2.06 bits per heavy atom. The number of phenols is 1. The number of phenolic OH excluding ortho intramolecular Hbond substituents is 1. The number of aryl methyl sites for hydroxylation is 1. The van der Waals surface area contributed by atoms with Crippen LogP contribution in [0, 0.1) is 6.92 Å². The smallest absolute Gasteiger partial charge is 0.197 e. The molecule has 1 aromatic carbocycles. The van der Waals surface area contributed by atoms with Gasteiger partial charge in [0.1, 0.15) is 17.7 Å². The highest BCUT2D eigenvalue weighted by molar-refractivity contribution is 5.61. The molecule has 0 spiro atoms. The zero-order chi connectivity index (χ0) is 11.7. The van der Waals surface area contributed by atoms with Gasteiger partial charge in [-0.3, -0.25) is 0 Å². The first-order chi connectivity index (χ1) is 7.58. The quantitative estimate of drug-likeness (QED) is 0.837. The Kier molecular flexibility index (Phi) is 2.69. The minimum atomic E-state index is 0.271. The fourth-order valence-corrected chi connectivity index (χ4v) is 1.45. The van der Waals surface area contributed by atoms with Gasteiger partial charge in [0, 0.05) is 11.5 Å². The average Bonchev–Trinajstić information content (AvgIpc) is 2.71. The molecule has 1 aromatic heterocycles. The Balaban J connectivity index is 2.39. The topological polar surface area (TPSA) is 46.3 Å². The van der Waals surface area contributed by atoms with Crippen molar-refractivity contribution in [3.63, 3.8) is 0 Å². The molecule has 0 saturated carbocycles. The van der Waals surface area contributed by atoms with Crippen molar-refractivity contribution in [1.82, 2.24) is 4.98 Å². The van der Waals surface area contributed by atoms with E-state index in [1.807, 2.05) is 32.9 Å². The number of aromatic nitrogens is 1. The Labute approximate surface area is 94.8 Å². The van der Waals surface area contributed by atoms with E-state index in [1.54, 1.807) is 12.3 Å². The number of hydrogen-bond acceptors (Lipinski definition) is 3. The van der Waals surface area contributed by atoms with Gasteiger partial charge < -0.3 is 9.52 Å². The van der Waals surface area contributed by atoms with Crippen molar-refractivity contribution in [2.24, 2.45) is 0 Å². The maximum absolute atomic E-state index is 9.62. The first-order valence-corrected chi connectivity index (χ1v) is 5.33. The largest absolute Gasteiger partial charge is 0.508 e. The summed E-state index contributed by atoms with van der Waals surface area (Å²) in [5.41, 5.74) is 2.49. The molecule has 1 heterocycles. The van der Waals surface area contributed by atoms with Crippen LogP contribution in [0.25, 0.3) is 11.3 Å². The molecule has 2 aromatic rings. The molecule has 84 valence electrons. The van der Waals surface area contributed by atoms with Gasteiger partial charge in [0.15, 0.2) is 5.89 Å². The molecule has 0 unspecified atom stereocenters. The summed E-state index contributed by atoms with van der Waals surface area (Å²) >= 11 is 0. The zero-order valence-electron chi connectivity index (χ0n) is 9.69. The molecule has 0 amide bonds. The van der Waals surface area contributed by atoms with Crippen molar-refractivity contribution in [3.8, 4) is 17.0 Å². The highest BCUT2D eigenvalue weighted by Crippen LogP contribution is 2.26. The molecule has 0 saturated heterocycles. The summed E-state index contributed by atoms with van der Waals surface area (Å²) in [6.45, 7) is 5.92. The number of hydrogen-bond donors (Lipinski definition) is 1. The Morgan fingerprint density at radius 1 is 1.31 bits per heavy atom. The Bertz CT molecular complexity index is 500. The molecule has 0 fully saturated rings. The third-order valence-corrected chi connectivity index (χ3v) is 2.52. The summed E-state index contributed by atoms with van der Waals surface area (Å²) < 4.78 is 5.36. The van der Waals surface area contributed by atoms with E-state index in [0.717, 1.165) is 22.7 Å². The molecule has 1 N–H and O–H groups in total. The lowest BCUT2D eigenvalue weighted by Crippen LogP contribution is -1.87. The van der Waals surface area contributed by atoms with E-state index < -0.39 is 0 Å². The van der Waals surface area contributed by atoms with E-state index in [-0.39, 0.29) is 11.7 Å². The van der Waals surface area contributed by atoms with Gasteiger partial charge in [-0.05, 0) is 18.6 Å². The third kappa shape index (κ3) is 1.94. The Morgan fingerprint density at radius 3 is 2.62 bits per heavy atom. The summed E-state index contributed by atoms with van der Waals surface area (Å²) in [6.07, 6.45) is 1.62. The minimum absolute atomic E-state index is 0.271. The normalized spacial score (nSPS) is 11.0. The van der Waals surface area contributed by atoms with Gasteiger partial charge in [0.25, 0.3) is 0 Å². The van der Waals surface area contributed by atoms with Crippen molar-refractivity contribution in [2.45, 2.75) is 26.7 Å². The lowest BCUT2D eigenvalue weighted by atomic mass is 10.1.